The summed E-state index contributed by atoms with van der Waals surface area (Å²) in [4.78, 5) is 0. The Morgan fingerprint density at radius 3 is 1.72 bits per heavy atom. The highest BCUT2D eigenvalue weighted by Crippen LogP contribution is 2.33. The Balaban J connectivity index is 1.87. The third kappa shape index (κ3) is 6.44. The SMILES string of the molecule is C[Si](C)(C)C#Cc1cc(OCc2ccccc2)c(OCc2ccccc2)cc1N. The summed E-state index contributed by atoms with van der Waals surface area (Å²) in [5.41, 5.74) is 13.2. The van der Waals surface area contributed by atoms with E-state index in [1.807, 2.05) is 72.8 Å². The molecule has 2 N–H and O–H groups in total. The Kier molecular flexibility index (Phi) is 6.64. The number of rotatable bonds is 6. The number of nitrogens with two attached hydrogens (primary N) is 1. The van der Waals surface area contributed by atoms with Crippen molar-refractivity contribution in [1.82, 2.24) is 0 Å². The van der Waals surface area contributed by atoms with Crippen LogP contribution < -0.4 is 15.2 Å². The van der Waals surface area contributed by atoms with Crippen LogP contribution in [0.4, 0.5) is 5.69 Å². The van der Waals surface area contributed by atoms with E-state index in [2.05, 4.69) is 31.1 Å². The Bertz CT molecular complexity index is 1000. The van der Waals surface area contributed by atoms with E-state index in [0.717, 1.165) is 16.7 Å². The maximum absolute atomic E-state index is 6.27. The van der Waals surface area contributed by atoms with E-state index in [-0.39, 0.29) is 0 Å². The van der Waals surface area contributed by atoms with Gasteiger partial charge in [0.2, 0.25) is 0 Å². The first-order valence-electron chi connectivity index (χ1n) is 9.71. The molecule has 0 spiro atoms. The fourth-order valence-corrected chi connectivity index (χ4v) is 3.14. The van der Waals surface area contributed by atoms with Crippen LogP contribution in [0.2, 0.25) is 19.6 Å². The van der Waals surface area contributed by atoms with E-state index in [1.165, 1.54) is 0 Å². The standard InChI is InChI=1S/C25H27NO2Si/c1-29(2,3)15-14-22-16-24(27-18-20-10-6-4-7-11-20)25(17-23(22)26)28-19-21-12-8-5-9-13-21/h4-13,16-17H,18-19,26H2,1-3H3. The van der Waals surface area contributed by atoms with Gasteiger partial charge >= 0.3 is 0 Å². The lowest BCUT2D eigenvalue weighted by molar-refractivity contribution is 0.256. The first kappa shape index (κ1) is 20.6. The maximum atomic E-state index is 6.27. The number of hydrogen-bond acceptors (Lipinski definition) is 3. The average molecular weight is 402 g/mol. The van der Waals surface area contributed by atoms with Crippen molar-refractivity contribution in [2.75, 3.05) is 5.73 Å². The van der Waals surface area contributed by atoms with Gasteiger partial charge in [-0.2, -0.15) is 0 Å². The van der Waals surface area contributed by atoms with Gasteiger partial charge in [0, 0.05) is 12.1 Å². The summed E-state index contributed by atoms with van der Waals surface area (Å²) in [6.45, 7) is 7.52. The fraction of sp³-hybridized carbons (Fsp3) is 0.200. The molecule has 0 aromatic heterocycles. The van der Waals surface area contributed by atoms with Gasteiger partial charge in [-0.15, -0.1) is 5.54 Å². The lowest BCUT2D eigenvalue weighted by Gasteiger charge is -2.15. The highest BCUT2D eigenvalue weighted by Gasteiger charge is 2.12. The van der Waals surface area contributed by atoms with Crippen LogP contribution in [0.3, 0.4) is 0 Å². The van der Waals surface area contributed by atoms with Crippen molar-refractivity contribution in [2.24, 2.45) is 0 Å². The summed E-state index contributed by atoms with van der Waals surface area (Å²) in [7, 11) is -1.51. The zero-order valence-corrected chi connectivity index (χ0v) is 18.2. The summed E-state index contributed by atoms with van der Waals surface area (Å²) in [5, 5.41) is 0. The molecule has 148 valence electrons. The van der Waals surface area contributed by atoms with Crippen LogP contribution in [-0.2, 0) is 13.2 Å². The molecule has 0 heterocycles. The number of hydrogen-bond donors (Lipinski definition) is 1. The molecule has 0 amide bonds. The molecular weight excluding hydrogens is 374 g/mol. The molecule has 3 aromatic carbocycles. The van der Waals surface area contributed by atoms with Crippen molar-refractivity contribution >= 4 is 13.8 Å². The van der Waals surface area contributed by atoms with Gasteiger partial charge in [-0.05, 0) is 11.1 Å². The van der Waals surface area contributed by atoms with Crippen molar-refractivity contribution in [2.45, 2.75) is 32.9 Å². The van der Waals surface area contributed by atoms with Crippen LogP contribution >= 0.6 is 0 Å². The first-order chi connectivity index (χ1) is 13.9. The molecule has 0 aliphatic carbocycles. The Morgan fingerprint density at radius 1 is 0.759 bits per heavy atom. The lowest BCUT2D eigenvalue weighted by Crippen LogP contribution is -2.16. The molecular formula is C25H27NO2Si. The monoisotopic (exact) mass is 401 g/mol. The second-order valence-electron chi connectivity index (χ2n) is 7.93. The molecule has 0 saturated heterocycles. The summed E-state index contributed by atoms with van der Waals surface area (Å²) < 4.78 is 12.2. The Morgan fingerprint density at radius 2 is 1.24 bits per heavy atom. The maximum Gasteiger partial charge on any atom is 0.163 e. The predicted molar refractivity (Wildman–Crippen MR) is 123 cm³/mol. The van der Waals surface area contributed by atoms with Gasteiger partial charge in [0.05, 0.1) is 11.3 Å². The molecule has 4 heteroatoms. The minimum absolute atomic E-state index is 0.446. The van der Waals surface area contributed by atoms with Gasteiger partial charge in [0.1, 0.15) is 21.3 Å². The smallest absolute Gasteiger partial charge is 0.163 e. The second-order valence-corrected chi connectivity index (χ2v) is 12.7. The van der Waals surface area contributed by atoms with Crippen molar-refractivity contribution < 1.29 is 9.47 Å². The van der Waals surface area contributed by atoms with Gasteiger partial charge in [-0.25, -0.2) is 0 Å². The summed E-state index contributed by atoms with van der Waals surface area (Å²) in [5.74, 6) is 4.52. The normalized spacial score (nSPS) is 10.7. The van der Waals surface area contributed by atoms with Gasteiger partial charge in [-0.1, -0.05) is 86.2 Å². The van der Waals surface area contributed by atoms with Gasteiger partial charge in [0.25, 0.3) is 0 Å². The minimum atomic E-state index is -1.51. The van der Waals surface area contributed by atoms with Gasteiger partial charge < -0.3 is 15.2 Å². The molecule has 0 fully saturated rings. The summed E-state index contributed by atoms with van der Waals surface area (Å²) in [6.07, 6.45) is 0. The highest BCUT2D eigenvalue weighted by molar-refractivity contribution is 6.83. The summed E-state index contributed by atoms with van der Waals surface area (Å²) in [6, 6.07) is 23.8. The molecule has 0 unspecified atom stereocenters. The Hall–Kier alpha value is -3.16. The molecule has 3 rings (SSSR count). The van der Waals surface area contributed by atoms with Crippen LogP contribution in [0.15, 0.2) is 72.8 Å². The minimum Gasteiger partial charge on any atom is -0.485 e. The number of nitrogen functional groups attached to an aromatic ring is 1. The van der Waals surface area contributed by atoms with Gasteiger partial charge in [0.15, 0.2) is 11.5 Å². The molecule has 0 aliphatic rings. The molecule has 29 heavy (non-hydrogen) atoms. The van der Waals surface area contributed by atoms with E-state index in [9.17, 15) is 0 Å². The van der Waals surface area contributed by atoms with Crippen molar-refractivity contribution in [3.05, 3.63) is 89.5 Å². The molecule has 3 aromatic rings. The zero-order chi connectivity index (χ0) is 20.7. The topological polar surface area (TPSA) is 44.5 Å². The quantitative estimate of drug-likeness (QED) is 0.329. The van der Waals surface area contributed by atoms with E-state index in [0.29, 0.717) is 30.4 Å². The van der Waals surface area contributed by atoms with E-state index in [1.54, 1.807) is 0 Å². The number of ether oxygens (including phenoxy) is 2. The lowest BCUT2D eigenvalue weighted by atomic mass is 10.1. The van der Waals surface area contributed by atoms with Gasteiger partial charge in [-0.3, -0.25) is 0 Å². The molecule has 3 nitrogen and oxygen atoms in total. The van der Waals surface area contributed by atoms with Crippen LogP contribution in [0, 0.1) is 11.5 Å². The molecule has 0 bridgehead atoms. The Labute approximate surface area is 174 Å². The summed E-state index contributed by atoms with van der Waals surface area (Å²) >= 11 is 0. The zero-order valence-electron chi connectivity index (χ0n) is 17.2. The second kappa shape index (κ2) is 9.36. The van der Waals surface area contributed by atoms with Crippen LogP contribution in [0.1, 0.15) is 16.7 Å². The number of benzene rings is 3. The van der Waals surface area contributed by atoms with Crippen molar-refractivity contribution in [1.29, 1.82) is 0 Å². The predicted octanol–water partition coefficient (Wildman–Crippen LogP) is 5.66. The van der Waals surface area contributed by atoms with Crippen LogP contribution in [0.25, 0.3) is 0 Å². The molecule has 0 aliphatic heterocycles. The highest BCUT2D eigenvalue weighted by atomic mass is 28.3. The molecule has 0 saturated carbocycles. The third-order valence-electron chi connectivity index (χ3n) is 4.16. The van der Waals surface area contributed by atoms with Crippen LogP contribution in [-0.4, -0.2) is 8.07 Å². The fourth-order valence-electron chi connectivity index (χ4n) is 2.63. The first-order valence-corrected chi connectivity index (χ1v) is 13.2. The van der Waals surface area contributed by atoms with E-state index < -0.39 is 8.07 Å². The van der Waals surface area contributed by atoms with E-state index in [4.69, 9.17) is 15.2 Å². The third-order valence-corrected chi connectivity index (χ3v) is 5.04. The van der Waals surface area contributed by atoms with E-state index >= 15 is 0 Å². The average Bonchev–Trinajstić information content (AvgIpc) is 2.71. The molecule has 0 atom stereocenters. The largest absolute Gasteiger partial charge is 0.485 e. The van der Waals surface area contributed by atoms with Crippen molar-refractivity contribution in [3.63, 3.8) is 0 Å². The number of anilines is 1. The van der Waals surface area contributed by atoms with Crippen LogP contribution in [0.5, 0.6) is 11.5 Å². The molecule has 0 radical (unpaired) electrons. The van der Waals surface area contributed by atoms with Crippen molar-refractivity contribution in [3.8, 4) is 23.0 Å².